The zero-order valence-electron chi connectivity index (χ0n) is 29.0. The molecule has 2 heterocycles. The van der Waals surface area contributed by atoms with E-state index in [2.05, 4.69) is 42.7 Å². The molecule has 6 N–H and O–H groups in total. The van der Waals surface area contributed by atoms with Crippen molar-refractivity contribution in [2.75, 3.05) is 23.5 Å². The van der Waals surface area contributed by atoms with E-state index in [1.807, 2.05) is 9.44 Å². The van der Waals surface area contributed by atoms with Crippen LogP contribution < -0.4 is 30.5 Å². The van der Waals surface area contributed by atoms with Crippen molar-refractivity contribution in [2.24, 2.45) is 0 Å². The van der Waals surface area contributed by atoms with Gasteiger partial charge in [0.05, 0.1) is 19.5 Å². The maximum Gasteiger partial charge on any atom is 0.333 e. The SMILES string of the molecule is COc1nccnc1S(=O)(=O)NC(=O)Nc1c2c(cc3c1CCC3)CCC2.Nc1ncc(S(=O)(=O)NC(=O)Nc2c3c(cc4c2CCC4)CCC3)cn1. The molecular formula is C35H39N9O7S2. The van der Waals surface area contributed by atoms with Gasteiger partial charge in [0.25, 0.3) is 25.9 Å². The lowest BCUT2D eigenvalue weighted by Gasteiger charge is -2.16. The number of ether oxygens (including phenoxy) is 1. The van der Waals surface area contributed by atoms with E-state index < -0.39 is 37.1 Å². The number of amides is 4. The molecule has 0 atom stereocenters. The minimum atomic E-state index is -4.21. The number of carbonyl (C=O) groups is 2. The van der Waals surface area contributed by atoms with E-state index in [1.165, 1.54) is 41.8 Å². The summed E-state index contributed by atoms with van der Waals surface area (Å²) in [4.78, 5) is 39.6. The molecule has 0 radical (unpaired) electrons. The summed E-state index contributed by atoms with van der Waals surface area (Å²) in [5.74, 6) is -0.205. The number of aryl methyl sites for hydroxylation is 4. The van der Waals surface area contributed by atoms with Gasteiger partial charge in [-0.3, -0.25) is 0 Å². The molecule has 0 aliphatic heterocycles. The molecule has 2 aromatic carbocycles. The molecule has 4 aliphatic rings. The first-order valence-electron chi connectivity index (χ1n) is 17.4. The summed E-state index contributed by atoms with van der Waals surface area (Å²) in [5, 5.41) is 5.15. The molecule has 4 amide bonds. The van der Waals surface area contributed by atoms with Gasteiger partial charge in [0.2, 0.25) is 11.0 Å². The topological polar surface area (TPSA) is 237 Å². The first-order valence-corrected chi connectivity index (χ1v) is 20.3. The lowest BCUT2D eigenvalue weighted by Crippen LogP contribution is -2.35. The summed E-state index contributed by atoms with van der Waals surface area (Å²) in [6.07, 6.45) is 16.4. The van der Waals surface area contributed by atoms with E-state index in [9.17, 15) is 26.4 Å². The summed E-state index contributed by atoms with van der Waals surface area (Å²) in [7, 11) is -6.99. The van der Waals surface area contributed by atoms with Crippen molar-refractivity contribution < 1.29 is 31.2 Å². The number of nitrogens with one attached hydrogen (secondary N) is 4. The summed E-state index contributed by atoms with van der Waals surface area (Å²) in [6.45, 7) is 0. The maximum atomic E-state index is 12.5. The van der Waals surface area contributed by atoms with Gasteiger partial charge in [0, 0.05) is 23.8 Å². The van der Waals surface area contributed by atoms with Crippen molar-refractivity contribution in [3.63, 3.8) is 0 Å². The molecule has 4 aliphatic carbocycles. The highest BCUT2D eigenvalue weighted by atomic mass is 32.2. The predicted molar refractivity (Wildman–Crippen MR) is 195 cm³/mol. The van der Waals surface area contributed by atoms with E-state index in [0.29, 0.717) is 0 Å². The maximum absolute atomic E-state index is 12.5. The van der Waals surface area contributed by atoms with Crippen LogP contribution in [-0.4, -0.2) is 55.9 Å². The minimum Gasteiger partial charge on any atom is -0.479 e. The van der Waals surface area contributed by atoms with Crippen LogP contribution in [-0.2, 0) is 71.4 Å². The highest BCUT2D eigenvalue weighted by Gasteiger charge is 2.29. The van der Waals surface area contributed by atoms with Gasteiger partial charge >= 0.3 is 12.1 Å². The van der Waals surface area contributed by atoms with Crippen LogP contribution in [0.2, 0.25) is 0 Å². The van der Waals surface area contributed by atoms with E-state index in [4.69, 9.17) is 10.5 Å². The number of aromatic nitrogens is 4. The fraction of sp³-hybridized carbons (Fsp3) is 0.371. The second-order valence-corrected chi connectivity index (χ2v) is 16.5. The van der Waals surface area contributed by atoms with Crippen LogP contribution in [0.5, 0.6) is 5.88 Å². The number of nitrogens with two attached hydrogens (primary N) is 1. The largest absolute Gasteiger partial charge is 0.479 e. The zero-order valence-corrected chi connectivity index (χ0v) is 30.6. The highest BCUT2D eigenvalue weighted by molar-refractivity contribution is 7.90. The van der Waals surface area contributed by atoms with Crippen molar-refractivity contribution in [3.8, 4) is 5.88 Å². The molecule has 53 heavy (non-hydrogen) atoms. The van der Waals surface area contributed by atoms with Crippen LogP contribution in [0.25, 0.3) is 0 Å². The number of hydrogen-bond acceptors (Lipinski definition) is 12. The smallest absolute Gasteiger partial charge is 0.333 e. The quantitative estimate of drug-likeness (QED) is 0.182. The van der Waals surface area contributed by atoms with Gasteiger partial charge in [-0.25, -0.2) is 47.4 Å². The van der Waals surface area contributed by atoms with Crippen molar-refractivity contribution in [3.05, 3.63) is 81.4 Å². The predicted octanol–water partition coefficient (Wildman–Crippen LogP) is 3.52. The molecule has 4 aromatic rings. The average Bonchev–Trinajstić information content (AvgIpc) is 3.96. The van der Waals surface area contributed by atoms with Crippen molar-refractivity contribution in [2.45, 2.75) is 87.0 Å². The molecule has 0 saturated carbocycles. The molecule has 8 rings (SSSR count). The Bertz CT molecular complexity index is 2270. The fourth-order valence-corrected chi connectivity index (χ4v) is 9.42. The van der Waals surface area contributed by atoms with E-state index in [-0.39, 0.29) is 16.7 Å². The summed E-state index contributed by atoms with van der Waals surface area (Å²) in [5.41, 5.74) is 16.5. The van der Waals surface area contributed by atoms with Gasteiger partial charge in [-0.1, -0.05) is 12.1 Å². The Morgan fingerprint density at radius 3 is 1.47 bits per heavy atom. The molecule has 0 bridgehead atoms. The van der Waals surface area contributed by atoms with Crippen LogP contribution in [0.1, 0.15) is 70.2 Å². The first-order chi connectivity index (χ1) is 25.4. The minimum absolute atomic E-state index is 0.0381. The van der Waals surface area contributed by atoms with E-state index in [0.717, 1.165) is 123 Å². The zero-order chi connectivity index (χ0) is 37.3. The van der Waals surface area contributed by atoms with Crippen molar-refractivity contribution in [1.82, 2.24) is 29.4 Å². The molecular weight excluding hydrogens is 723 g/mol. The molecule has 18 heteroatoms. The number of methoxy groups -OCH3 is 1. The third kappa shape index (κ3) is 7.46. The summed E-state index contributed by atoms with van der Waals surface area (Å²) in [6, 6.07) is 2.90. The molecule has 0 spiro atoms. The van der Waals surface area contributed by atoms with Crippen LogP contribution in [0.3, 0.4) is 0 Å². The lowest BCUT2D eigenvalue weighted by atomic mass is 9.99. The Hall–Kier alpha value is -5.36. The Labute approximate surface area is 306 Å². The van der Waals surface area contributed by atoms with Crippen LogP contribution in [0, 0.1) is 0 Å². The molecule has 278 valence electrons. The Morgan fingerprint density at radius 2 is 1.04 bits per heavy atom. The summed E-state index contributed by atoms with van der Waals surface area (Å²) >= 11 is 0. The molecule has 0 saturated heterocycles. The Kier molecular flexibility index (Phi) is 9.91. The third-order valence-corrected chi connectivity index (χ3v) is 12.4. The van der Waals surface area contributed by atoms with Crippen molar-refractivity contribution >= 4 is 49.4 Å². The standard InChI is InChI=1S/C18H20N4O4S.C17H19N5O3S/c1-26-16-17(20-9-8-19-16)27(24,25)22-18(23)21-15-13-6-2-4-11(13)10-12-5-3-7-14(12)15;18-16-19-8-12(9-20-16)26(24,25)22-17(23)21-15-13-5-1-3-10(13)7-11-4-2-6-14(11)15/h8-10H,2-7H2,1H3,(H2,21,22,23);7-9H,1-6H2,(H2,18,19,20)(H2,21,22,23). The first kappa shape index (κ1) is 36.0. The lowest BCUT2D eigenvalue weighted by molar-refractivity contribution is 0.255. The number of sulfonamides is 2. The Balaban J connectivity index is 0.000000164. The number of carbonyl (C=O) groups excluding carboxylic acids is 2. The number of nitrogen functional groups attached to an aromatic ring is 1. The van der Waals surface area contributed by atoms with Crippen LogP contribution >= 0.6 is 0 Å². The number of hydrogen-bond donors (Lipinski definition) is 5. The molecule has 2 aromatic heterocycles. The third-order valence-electron chi connectivity index (χ3n) is 9.92. The van der Waals surface area contributed by atoms with E-state index in [1.54, 1.807) is 0 Å². The van der Waals surface area contributed by atoms with Gasteiger partial charge < -0.3 is 21.1 Å². The van der Waals surface area contributed by atoms with Gasteiger partial charge in [-0.05, 0) is 122 Å². The van der Waals surface area contributed by atoms with Crippen molar-refractivity contribution in [1.29, 1.82) is 0 Å². The number of anilines is 3. The monoisotopic (exact) mass is 761 g/mol. The van der Waals surface area contributed by atoms with Gasteiger partial charge in [-0.2, -0.15) is 8.42 Å². The number of urea groups is 2. The van der Waals surface area contributed by atoms with E-state index >= 15 is 0 Å². The fourth-order valence-electron chi connectivity index (χ4n) is 7.67. The normalized spacial score (nSPS) is 15.3. The molecule has 0 unspecified atom stereocenters. The number of nitrogens with zero attached hydrogens (tertiary/aromatic N) is 4. The second-order valence-electron chi connectivity index (χ2n) is 13.2. The van der Waals surface area contributed by atoms with Gasteiger partial charge in [0.1, 0.15) is 4.90 Å². The second kappa shape index (κ2) is 14.6. The van der Waals surface area contributed by atoms with Gasteiger partial charge in [0.15, 0.2) is 0 Å². The highest BCUT2D eigenvalue weighted by Crippen LogP contribution is 2.40. The molecule has 0 fully saturated rings. The summed E-state index contributed by atoms with van der Waals surface area (Å²) < 4.78 is 58.7. The number of fused-ring (bicyclic) bond motifs is 4. The van der Waals surface area contributed by atoms with Crippen LogP contribution in [0.15, 0.2) is 46.8 Å². The number of rotatable bonds is 7. The number of benzene rings is 2. The molecule has 16 nitrogen and oxygen atoms in total. The van der Waals surface area contributed by atoms with Gasteiger partial charge in [-0.15, -0.1) is 0 Å². The van der Waals surface area contributed by atoms with Crippen LogP contribution in [0.4, 0.5) is 26.9 Å². The Morgan fingerprint density at radius 1 is 0.623 bits per heavy atom. The average molecular weight is 762 g/mol.